The molecule has 1 aliphatic heterocycles. The van der Waals surface area contributed by atoms with Gasteiger partial charge in [-0.1, -0.05) is 0 Å². The Labute approximate surface area is 107 Å². The van der Waals surface area contributed by atoms with E-state index in [1.165, 1.54) is 18.2 Å². The predicted molar refractivity (Wildman–Crippen MR) is 67.4 cm³/mol. The first-order chi connectivity index (χ1) is 8.49. The molecular weight excluding hydrogens is 255 g/mol. The quantitative estimate of drug-likeness (QED) is 0.868. The van der Waals surface area contributed by atoms with Crippen LogP contribution in [0.15, 0.2) is 23.1 Å². The second-order valence-electron chi connectivity index (χ2n) is 4.57. The molecule has 1 heterocycles. The van der Waals surface area contributed by atoms with Crippen molar-refractivity contribution in [3.63, 3.8) is 0 Å². The molecular formula is C12H17FN2O2S. The molecule has 4 nitrogen and oxygen atoms in total. The van der Waals surface area contributed by atoms with E-state index in [1.807, 2.05) is 0 Å². The monoisotopic (exact) mass is 272 g/mol. The summed E-state index contributed by atoms with van der Waals surface area (Å²) in [5.41, 5.74) is 0.422. The summed E-state index contributed by atoms with van der Waals surface area (Å²) in [5.74, 6) is -0.425. The molecule has 6 heteroatoms. The fourth-order valence-corrected chi connectivity index (χ4v) is 3.65. The third-order valence-corrected chi connectivity index (χ3v) is 4.73. The zero-order valence-corrected chi connectivity index (χ0v) is 11.1. The third kappa shape index (κ3) is 3.07. The number of nitrogens with one attached hydrogen (secondary N) is 2. The second kappa shape index (κ2) is 5.34. The molecule has 0 aromatic heterocycles. The van der Waals surface area contributed by atoms with Crippen molar-refractivity contribution in [3.05, 3.63) is 29.6 Å². The maximum atomic E-state index is 13.0. The summed E-state index contributed by atoms with van der Waals surface area (Å²) >= 11 is 0. The Bertz CT molecular complexity index is 525. The minimum atomic E-state index is -3.56. The van der Waals surface area contributed by atoms with E-state index in [4.69, 9.17) is 0 Å². The van der Waals surface area contributed by atoms with Crippen LogP contribution in [0.1, 0.15) is 18.4 Å². The van der Waals surface area contributed by atoms with Gasteiger partial charge in [0.2, 0.25) is 10.0 Å². The first-order valence-corrected chi connectivity index (χ1v) is 7.46. The third-order valence-electron chi connectivity index (χ3n) is 3.05. The van der Waals surface area contributed by atoms with Crippen LogP contribution >= 0.6 is 0 Å². The van der Waals surface area contributed by atoms with E-state index in [9.17, 15) is 12.8 Å². The summed E-state index contributed by atoms with van der Waals surface area (Å²) in [6.45, 7) is 3.16. The molecule has 0 bridgehead atoms. The van der Waals surface area contributed by atoms with Crippen molar-refractivity contribution in [1.82, 2.24) is 10.0 Å². The van der Waals surface area contributed by atoms with E-state index < -0.39 is 15.8 Å². The number of rotatable bonds is 3. The Morgan fingerprint density at radius 1 is 1.44 bits per heavy atom. The fourth-order valence-electron chi connectivity index (χ4n) is 2.15. The zero-order chi connectivity index (χ0) is 13.2. The van der Waals surface area contributed by atoms with Gasteiger partial charge in [0.25, 0.3) is 0 Å². The standard InChI is InChI=1S/C12H17FN2O2S/c1-9-7-10(13)4-5-12(9)18(16,17)15-11-3-2-6-14-8-11/h4-5,7,11,14-15H,2-3,6,8H2,1H3/t11-/m0/s1. The average molecular weight is 272 g/mol. The lowest BCUT2D eigenvalue weighted by Crippen LogP contribution is -2.45. The summed E-state index contributed by atoms with van der Waals surface area (Å²) in [7, 11) is -3.56. The van der Waals surface area contributed by atoms with Gasteiger partial charge in [-0.05, 0) is 50.1 Å². The van der Waals surface area contributed by atoms with Crippen LogP contribution in [0.25, 0.3) is 0 Å². The smallest absolute Gasteiger partial charge is 0.241 e. The van der Waals surface area contributed by atoms with Crippen molar-refractivity contribution in [3.8, 4) is 0 Å². The molecule has 100 valence electrons. The Morgan fingerprint density at radius 2 is 2.22 bits per heavy atom. The van der Waals surface area contributed by atoms with Gasteiger partial charge in [-0.2, -0.15) is 0 Å². The zero-order valence-electron chi connectivity index (χ0n) is 10.2. The Kier molecular flexibility index (Phi) is 3.99. The van der Waals surface area contributed by atoms with Crippen LogP contribution in [0.5, 0.6) is 0 Å². The van der Waals surface area contributed by atoms with Gasteiger partial charge in [0.15, 0.2) is 0 Å². The van der Waals surface area contributed by atoms with Crippen LogP contribution in [0.3, 0.4) is 0 Å². The van der Waals surface area contributed by atoms with Crippen molar-refractivity contribution in [2.45, 2.75) is 30.7 Å². The molecule has 0 unspecified atom stereocenters. The van der Waals surface area contributed by atoms with Gasteiger partial charge in [-0.25, -0.2) is 17.5 Å². The molecule has 0 saturated carbocycles. The predicted octanol–water partition coefficient (Wildman–Crippen LogP) is 1.16. The maximum Gasteiger partial charge on any atom is 0.241 e. The van der Waals surface area contributed by atoms with Gasteiger partial charge >= 0.3 is 0 Å². The van der Waals surface area contributed by atoms with Crippen molar-refractivity contribution >= 4 is 10.0 Å². The van der Waals surface area contributed by atoms with Crippen LogP contribution < -0.4 is 10.0 Å². The van der Waals surface area contributed by atoms with Gasteiger partial charge in [0, 0.05) is 12.6 Å². The largest absolute Gasteiger partial charge is 0.315 e. The number of benzene rings is 1. The average Bonchev–Trinajstić information content (AvgIpc) is 2.29. The lowest BCUT2D eigenvalue weighted by Gasteiger charge is -2.24. The van der Waals surface area contributed by atoms with Crippen LogP contribution in [0, 0.1) is 12.7 Å². The minimum absolute atomic E-state index is 0.0896. The lowest BCUT2D eigenvalue weighted by molar-refractivity contribution is 0.428. The Hall–Kier alpha value is -0.980. The Balaban J connectivity index is 2.19. The van der Waals surface area contributed by atoms with E-state index in [-0.39, 0.29) is 10.9 Å². The van der Waals surface area contributed by atoms with E-state index in [0.717, 1.165) is 19.4 Å². The van der Waals surface area contributed by atoms with Crippen molar-refractivity contribution in [2.75, 3.05) is 13.1 Å². The van der Waals surface area contributed by atoms with E-state index in [1.54, 1.807) is 6.92 Å². The molecule has 0 amide bonds. The Morgan fingerprint density at radius 3 is 2.83 bits per heavy atom. The van der Waals surface area contributed by atoms with Crippen LogP contribution in [0.4, 0.5) is 4.39 Å². The molecule has 2 N–H and O–H groups in total. The molecule has 1 aliphatic rings. The number of sulfonamides is 1. The minimum Gasteiger partial charge on any atom is -0.315 e. The number of halogens is 1. The first-order valence-electron chi connectivity index (χ1n) is 5.98. The molecule has 1 aromatic carbocycles. The molecule has 2 rings (SSSR count). The molecule has 0 radical (unpaired) electrons. The van der Waals surface area contributed by atoms with Gasteiger partial charge in [0.05, 0.1) is 4.90 Å². The molecule has 0 aliphatic carbocycles. The number of hydrogen-bond acceptors (Lipinski definition) is 3. The SMILES string of the molecule is Cc1cc(F)ccc1S(=O)(=O)N[C@H]1CCCNC1. The fraction of sp³-hybridized carbons (Fsp3) is 0.500. The van der Waals surface area contributed by atoms with E-state index in [2.05, 4.69) is 10.0 Å². The molecule has 1 saturated heterocycles. The summed E-state index contributed by atoms with van der Waals surface area (Å²) in [6, 6.07) is 3.62. The second-order valence-corrected chi connectivity index (χ2v) is 6.26. The van der Waals surface area contributed by atoms with Crippen LogP contribution in [-0.4, -0.2) is 27.5 Å². The van der Waals surface area contributed by atoms with E-state index in [0.29, 0.717) is 12.1 Å². The summed E-state index contributed by atoms with van der Waals surface area (Å²) in [5, 5.41) is 3.15. The number of aryl methyl sites for hydroxylation is 1. The number of hydrogen-bond donors (Lipinski definition) is 2. The van der Waals surface area contributed by atoms with Gasteiger partial charge in [-0.3, -0.25) is 0 Å². The van der Waals surface area contributed by atoms with Crippen LogP contribution in [0.2, 0.25) is 0 Å². The highest BCUT2D eigenvalue weighted by Gasteiger charge is 2.23. The molecule has 1 aromatic rings. The van der Waals surface area contributed by atoms with Crippen LogP contribution in [-0.2, 0) is 10.0 Å². The highest BCUT2D eigenvalue weighted by Crippen LogP contribution is 2.17. The van der Waals surface area contributed by atoms with Gasteiger partial charge in [-0.15, -0.1) is 0 Å². The lowest BCUT2D eigenvalue weighted by atomic mass is 10.1. The molecule has 18 heavy (non-hydrogen) atoms. The van der Waals surface area contributed by atoms with E-state index >= 15 is 0 Å². The number of piperidine rings is 1. The highest BCUT2D eigenvalue weighted by atomic mass is 32.2. The molecule has 1 fully saturated rings. The first kappa shape index (κ1) is 13.5. The van der Waals surface area contributed by atoms with Crippen molar-refractivity contribution in [2.24, 2.45) is 0 Å². The normalized spacial score (nSPS) is 20.9. The highest BCUT2D eigenvalue weighted by molar-refractivity contribution is 7.89. The summed E-state index contributed by atoms with van der Waals surface area (Å²) in [6.07, 6.45) is 1.78. The molecule has 0 spiro atoms. The summed E-state index contributed by atoms with van der Waals surface area (Å²) < 4.78 is 40.0. The summed E-state index contributed by atoms with van der Waals surface area (Å²) in [4.78, 5) is 0.148. The maximum absolute atomic E-state index is 13.0. The molecule has 1 atom stereocenters. The van der Waals surface area contributed by atoms with Gasteiger partial charge < -0.3 is 5.32 Å². The topological polar surface area (TPSA) is 58.2 Å². The van der Waals surface area contributed by atoms with Crippen molar-refractivity contribution in [1.29, 1.82) is 0 Å². The van der Waals surface area contributed by atoms with Crippen molar-refractivity contribution < 1.29 is 12.8 Å². The van der Waals surface area contributed by atoms with Gasteiger partial charge in [0.1, 0.15) is 5.82 Å².